The third kappa shape index (κ3) is 3.19. The van der Waals surface area contributed by atoms with Crippen LogP contribution < -0.4 is 31.2 Å². The summed E-state index contributed by atoms with van der Waals surface area (Å²) in [7, 11) is 5.77. The Morgan fingerprint density at radius 2 is 1.80 bits per heavy atom. The zero-order valence-corrected chi connectivity index (χ0v) is 17.3. The Morgan fingerprint density at radius 3 is 2.40 bits per heavy atom. The summed E-state index contributed by atoms with van der Waals surface area (Å²) in [5.41, 5.74) is 5.43. The Bertz CT molecular complexity index is 1160. The number of benzene rings is 1. The van der Waals surface area contributed by atoms with Crippen molar-refractivity contribution in [1.82, 2.24) is 9.13 Å². The normalized spacial score (nSPS) is 15.3. The summed E-state index contributed by atoms with van der Waals surface area (Å²) in [6.07, 6.45) is 0. The number of ether oxygens (including phenoxy) is 4. The van der Waals surface area contributed by atoms with Crippen molar-refractivity contribution in [3.63, 3.8) is 0 Å². The summed E-state index contributed by atoms with van der Waals surface area (Å²) in [6, 6.07) is 4.96. The molecule has 2 heterocycles. The summed E-state index contributed by atoms with van der Waals surface area (Å²) in [6.45, 7) is 1.76. The number of carbonyl (C=O) groups is 1. The van der Waals surface area contributed by atoms with E-state index in [-0.39, 0.29) is 29.5 Å². The molecule has 0 saturated heterocycles. The highest BCUT2D eigenvalue weighted by Crippen LogP contribution is 2.42. The minimum atomic E-state index is -0.946. The van der Waals surface area contributed by atoms with Gasteiger partial charge in [-0.3, -0.25) is 13.9 Å². The van der Waals surface area contributed by atoms with Crippen LogP contribution in [0.3, 0.4) is 0 Å². The standard InChI is InChI=1S/C20H23N3O7/c1-6-29-19(25)14-13(10-7-8-11(27-4)12(9-10)28-5)15-17(24)22(2)20(26)23(3)18(15)30-16(14)21/h7-9,13H,6,21H2,1-5H3/t13-/m0/s1. The van der Waals surface area contributed by atoms with E-state index in [1.807, 2.05) is 0 Å². The van der Waals surface area contributed by atoms with E-state index in [9.17, 15) is 14.4 Å². The van der Waals surface area contributed by atoms with Gasteiger partial charge in [0.1, 0.15) is 5.57 Å². The fourth-order valence-electron chi connectivity index (χ4n) is 3.46. The molecule has 10 heteroatoms. The topological polar surface area (TPSA) is 124 Å². The van der Waals surface area contributed by atoms with E-state index in [1.54, 1.807) is 25.1 Å². The molecule has 1 atom stereocenters. The lowest BCUT2D eigenvalue weighted by atomic mass is 9.84. The molecule has 0 saturated carbocycles. The van der Waals surface area contributed by atoms with E-state index in [1.165, 1.54) is 32.9 Å². The molecule has 1 aromatic carbocycles. The van der Waals surface area contributed by atoms with Crippen LogP contribution in [0.4, 0.5) is 0 Å². The van der Waals surface area contributed by atoms with E-state index < -0.39 is 23.1 Å². The summed E-state index contributed by atoms with van der Waals surface area (Å²) in [4.78, 5) is 38.2. The van der Waals surface area contributed by atoms with Crippen LogP contribution in [0.25, 0.3) is 0 Å². The van der Waals surface area contributed by atoms with Crippen molar-refractivity contribution in [3.8, 4) is 17.4 Å². The first kappa shape index (κ1) is 21.0. The monoisotopic (exact) mass is 417 g/mol. The Balaban J connectivity index is 2.38. The van der Waals surface area contributed by atoms with Gasteiger partial charge >= 0.3 is 11.7 Å². The minimum Gasteiger partial charge on any atom is -0.493 e. The van der Waals surface area contributed by atoms with E-state index >= 15 is 0 Å². The summed E-state index contributed by atoms with van der Waals surface area (Å²) >= 11 is 0. The maximum atomic E-state index is 13.1. The molecule has 10 nitrogen and oxygen atoms in total. The van der Waals surface area contributed by atoms with Gasteiger partial charge < -0.3 is 24.7 Å². The molecular weight excluding hydrogens is 394 g/mol. The fourth-order valence-corrected chi connectivity index (χ4v) is 3.46. The van der Waals surface area contributed by atoms with Gasteiger partial charge in [-0.15, -0.1) is 0 Å². The number of esters is 1. The number of hydrogen-bond donors (Lipinski definition) is 1. The molecule has 0 radical (unpaired) electrons. The Morgan fingerprint density at radius 1 is 1.13 bits per heavy atom. The number of aromatic nitrogens is 2. The van der Waals surface area contributed by atoms with Crippen molar-refractivity contribution in [2.45, 2.75) is 12.8 Å². The summed E-state index contributed by atoms with van der Waals surface area (Å²) < 4.78 is 23.5. The van der Waals surface area contributed by atoms with Gasteiger partial charge in [0.15, 0.2) is 11.5 Å². The third-order valence-electron chi connectivity index (χ3n) is 4.93. The van der Waals surface area contributed by atoms with Crippen molar-refractivity contribution in [1.29, 1.82) is 0 Å². The highest BCUT2D eigenvalue weighted by atomic mass is 16.5. The number of methoxy groups -OCH3 is 2. The fraction of sp³-hybridized carbons (Fsp3) is 0.350. The zero-order chi connectivity index (χ0) is 22.2. The lowest BCUT2D eigenvalue weighted by Crippen LogP contribution is -2.43. The molecule has 1 aliphatic heterocycles. The van der Waals surface area contributed by atoms with Gasteiger partial charge in [-0.1, -0.05) is 6.07 Å². The first-order valence-corrected chi connectivity index (χ1v) is 9.13. The highest BCUT2D eigenvalue weighted by Gasteiger charge is 2.40. The van der Waals surface area contributed by atoms with Gasteiger partial charge in [-0.2, -0.15) is 0 Å². The van der Waals surface area contributed by atoms with Crippen LogP contribution >= 0.6 is 0 Å². The number of fused-ring (bicyclic) bond motifs is 1. The zero-order valence-electron chi connectivity index (χ0n) is 17.3. The molecule has 0 aliphatic carbocycles. The molecule has 1 aliphatic rings. The van der Waals surface area contributed by atoms with Crippen LogP contribution in [0, 0.1) is 0 Å². The first-order valence-electron chi connectivity index (χ1n) is 9.13. The summed E-state index contributed by atoms with van der Waals surface area (Å²) in [5, 5.41) is 0. The average molecular weight is 417 g/mol. The van der Waals surface area contributed by atoms with Crippen molar-refractivity contribution in [2.24, 2.45) is 19.8 Å². The van der Waals surface area contributed by atoms with Crippen LogP contribution in [0.1, 0.15) is 24.0 Å². The molecule has 2 aromatic rings. The molecule has 1 aromatic heterocycles. The van der Waals surface area contributed by atoms with Crippen molar-refractivity contribution in [2.75, 3.05) is 20.8 Å². The largest absolute Gasteiger partial charge is 0.493 e. The smallest absolute Gasteiger partial charge is 0.340 e. The molecule has 30 heavy (non-hydrogen) atoms. The highest BCUT2D eigenvalue weighted by molar-refractivity contribution is 5.92. The molecular formula is C20H23N3O7. The molecule has 0 spiro atoms. The number of carbonyl (C=O) groups excluding carboxylic acids is 1. The van der Waals surface area contributed by atoms with Gasteiger partial charge in [0.25, 0.3) is 5.56 Å². The molecule has 2 N–H and O–H groups in total. The van der Waals surface area contributed by atoms with Gasteiger partial charge in [0, 0.05) is 14.1 Å². The number of rotatable bonds is 5. The second kappa shape index (κ2) is 7.97. The van der Waals surface area contributed by atoms with Gasteiger partial charge in [-0.25, -0.2) is 9.59 Å². The van der Waals surface area contributed by atoms with Crippen LogP contribution in [-0.4, -0.2) is 35.9 Å². The first-order chi connectivity index (χ1) is 14.3. The Kier molecular flexibility index (Phi) is 5.59. The van der Waals surface area contributed by atoms with E-state index in [0.29, 0.717) is 17.1 Å². The molecule has 0 amide bonds. The second-order valence-electron chi connectivity index (χ2n) is 6.57. The predicted molar refractivity (Wildman–Crippen MR) is 107 cm³/mol. The van der Waals surface area contributed by atoms with E-state index in [2.05, 4.69) is 0 Å². The van der Waals surface area contributed by atoms with Gasteiger partial charge in [-0.05, 0) is 24.6 Å². The van der Waals surface area contributed by atoms with E-state index in [4.69, 9.17) is 24.7 Å². The van der Waals surface area contributed by atoms with Crippen LogP contribution in [0.5, 0.6) is 17.4 Å². The maximum Gasteiger partial charge on any atom is 0.340 e. The summed E-state index contributed by atoms with van der Waals surface area (Å²) in [5.74, 6) is -1.09. The second-order valence-corrected chi connectivity index (χ2v) is 6.57. The predicted octanol–water partition coefficient (Wildman–Crippen LogP) is 0.359. The van der Waals surface area contributed by atoms with Crippen LogP contribution in [0.2, 0.25) is 0 Å². The third-order valence-corrected chi connectivity index (χ3v) is 4.93. The van der Waals surface area contributed by atoms with Crippen molar-refractivity contribution >= 4 is 5.97 Å². The molecule has 0 unspecified atom stereocenters. The maximum absolute atomic E-state index is 13.1. The van der Waals surface area contributed by atoms with Crippen molar-refractivity contribution < 1.29 is 23.7 Å². The lowest BCUT2D eigenvalue weighted by molar-refractivity contribution is -0.139. The Hall–Kier alpha value is -3.69. The van der Waals surface area contributed by atoms with Gasteiger partial charge in [0.05, 0.1) is 32.3 Å². The van der Waals surface area contributed by atoms with Crippen LogP contribution in [-0.2, 0) is 23.6 Å². The lowest BCUT2D eigenvalue weighted by Gasteiger charge is -2.29. The quantitative estimate of drug-likeness (QED) is 0.692. The van der Waals surface area contributed by atoms with E-state index in [0.717, 1.165) is 4.57 Å². The molecule has 160 valence electrons. The average Bonchev–Trinajstić information content (AvgIpc) is 2.74. The number of nitrogens with zero attached hydrogens (tertiary/aromatic N) is 2. The van der Waals surface area contributed by atoms with Gasteiger partial charge in [0.2, 0.25) is 11.8 Å². The Labute approximate surface area is 172 Å². The molecule has 0 fully saturated rings. The number of hydrogen-bond acceptors (Lipinski definition) is 8. The van der Waals surface area contributed by atoms with Crippen molar-refractivity contribution in [3.05, 3.63) is 61.6 Å². The number of nitrogens with two attached hydrogens (primary N) is 1. The minimum absolute atomic E-state index is 0.0339. The molecule has 3 rings (SSSR count). The van der Waals surface area contributed by atoms with Crippen LogP contribution in [0.15, 0.2) is 39.2 Å². The molecule has 0 bridgehead atoms. The SMILES string of the molecule is CCOC(=O)C1=C(N)Oc2c(c(=O)n(C)c(=O)n2C)[C@H]1c1ccc(OC)c(OC)c1.